The summed E-state index contributed by atoms with van der Waals surface area (Å²) in [6.45, 7) is 2.66. The highest BCUT2D eigenvalue weighted by Crippen LogP contribution is 2.24. The molecule has 1 amide bonds. The summed E-state index contributed by atoms with van der Waals surface area (Å²) in [5, 5.41) is 11.8. The number of carbonyl (C=O) groups is 2. The summed E-state index contributed by atoms with van der Waals surface area (Å²) in [7, 11) is 0. The molecule has 0 saturated carbocycles. The van der Waals surface area contributed by atoms with Crippen LogP contribution in [-0.4, -0.2) is 36.6 Å². The fourth-order valence-corrected chi connectivity index (χ4v) is 2.37. The lowest BCUT2D eigenvalue weighted by atomic mass is 10.1. The van der Waals surface area contributed by atoms with Crippen LogP contribution in [0.15, 0.2) is 22.7 Å². The Balaban J connectivity index is 2.27. The predicted molar refractivity (Wildman–Crippen MR) is 75.2 cm³/mol. The fraction of sp³-hybridized carbons (Fsp3) is 0.385. The average Bonchev–Trinajstić information content (AvgIpc) is 2.55. The van der Waals surface area contributed by atoms with E-state index < -0.39 is 11.9 Å². The zero-order valence-electron chi connectivity index (χ0n) is 10.5. The van der Waals surface area contributed by atoms with Gasteiger partial charge in [-0.05, 0) is 24.6 Å². The SMILES string of the molecule is Cc1ccc(N2CC(=O)NCC(C(=O)O)C2)cc1Br. The van der Waals surface area contributed by atoms with Gasteiger partial charge in [0.1, 0.15) is 0 Å². The van der Waals surface area contributed by atoms with E-state index >= 15 is 0 Å². The van der Waals surface area contributed by atoms with E-state index in [1.54, 1.807) is 4.90 Å². The molecular weight excluding hydrogens is 312 g/mol. The molecule has 1 unspecified atom stereocenters. The Morgan fingerprint density at radius 1 is 1.53 bits per heavy atom. The van der Waals surface area contributed by atoms with E-state index in [-0.39, 0.29) is 19.0 Å². The normalized spacial score (nSPS) is 19.8. The van der Waals surface area contributed by atoms with Gasteiger partial charge < -0.3 is 15.3 Å². The molecule has 0 spiro atoms. The van der Waals surface area contributed by atoms with E-state index in [1.807, 2.05) is 25.1 Å². The molecule has 0 aliphatic carbocycles. The van der Waals surface area contributed by atoms with E-state index in [1.165, 1.54) is 0 Å². The minimum atomic E-state index is -0.890. The predicted octanol–water partition coefficient (Wildman–Crippen LogP) is 1.39. The van der Waals surface area contributed by atoms with Crippen molar-refractivity contribution < 1.29 is 14.7 Å². The average molecular weight is 327 g/mol. The molecule has 2 N–H and O–H groups in total. The molecule has 6 heteroatoms. The number of hydrogen-bond acceptors (Lipinski definition) is 3. The minimum absolute atomic E-state index is 0.152. The number of halogens is 1. The lowest BCUT2D eigenvalue weighted by Crippen LogP contribution is -2.34. The first-order valence-electron chi connectivity index (χ1n) is 5.98. The minimum Gasteiger partial charge on any atom is -0.481 e. The maximum absolute atomic E-state index is 11.6. The van der Waals surface area contributed by atoms with Gasteiger partial charge in [-0.15, -0.1) is 0 Å². The van der Waals surface area contributed by atoms with Gasteiger partial charge in [0, 0.05) is 23.2 Å². The Labute approximate surface area is 119 Å². The van der Waals surface area contributed by atoms with Gasteiger partial charge in [-0.1, -0.05) is 22.0 Å². The summed E-state index contributed by atoms with van der Waals surface area (Å²) >= 11 is 3.45. The van der Waals surface area contributed by atoms with Crippen LogP contribution in [0.1, 0.15) is 5.56 Å². The topological polar surface area (TPSA) is 69.6 Å². The Bertz CT molecular complexity index is 519. The van der Waals surface area contributed by atoms with E-state index in [0.717, 1.165) is 15.7 Å². The molecule has 0 aromatic heterocycles. The molecule has 1 heterocycles. The quantitative estimate of drug-likeness (QED) is 0.861. The van der Waals surface area contributed by atoms with Crippen LogP contribution in [0.4, 0.5) is 5.69 Å². The lowest BCUT2D eigenvalue weighted by Gasteiger charge is -2.24. The molecule has 19 heavy (non-hydrogen) atoms. The Kier molecular flexibility index (Phi) is 4.09. The third-order valence-corrected chi connectivity index (χ3v) is 4.05. The maximum atomic E-state index is 11.6. The van der Waals surface area contributed by atoms with Crippen molar-refractivity contribution in [1.82, 2.24) is 5.32 Å². The molecule has 1 aromatic rings. The highest BCUT2D eigenvalue weighted by atomic mass is 79.9. The maximum Gasteiger partial charge on any atom is 0.310 e. The fourth-order valence-electron chi connectivity index (χ4n) is 2.00. The Morgan fingerprint density at radius 3 is 2.89 bits per heavy atom. The van der Waals surface area contributed by atoms with Crippen LogP contribution < -0.4 is 10.2 Å². The van der Waals surface area contributed by atoms with Gasteiger partial charge in [0.25, 0.3) is 0 Å². The number of rotatable bonds is 2. The van der Waals surface area contributed by atoms with Crippen LogP contribution in [0.5, 0.6) is 0 Å². The Morgan fingerprint density at radius 2 is 2.26 bits per heavy atom. The highest BCUT2D eigenvalue weighted by molar-refractivity contribution is 9.10. The summed E-state index contributed by atoms with van der Waals surface area (Å²) < 4.78 is 0.946. The number of nitrogens with zero attached hydrogens (tertiary/aromatic N) is 1. The molecule has 0 radical (unpaired) electrons. The van der Waals surface area contributed by atoms with Crippen molar-refractivity contribution in [1.29, 1.82) is 0 Å². The number of aryl methyl sites for hydroxylation is 1. The molecule has 2 rings (SSSR count). The zero-order valence-corrected chi connectivity index (χ0v) is 12.1. The standard InChI is InChI=1S/C13H15BrN2O3/c1-8-2-3-10(4-11(8)14)16-6-9(13(18)19)5-15-12(17)7-16/h2-4,9H,5-7H2,1H3,(H,15,17)(H,18,19). The van der Waals surface area contributed by atoms with Crippen LogP contribution in [0.3, 0.4) is 0 Å². The summed E-state index contributed by atoms with van der Waals surface area (Å²) in [6, 6.07) is 5.75. The molecule has 5 nitrogen and oxygen atoms in total. The summed E-state index contributed by atoms with van der Waals surface area (Å²) in [6.07, 6.45) is 0. The van der Waals surface area contributed by atoms with Crippen molar-refractivity contribution in [2.75, 3.05) is 24.5 Å². The third kappa shape index (κ3) is 3.26. The van der Waals surface area contributed by atoms with Gasteiger partial charge in [0.05, 0.1) is 12.5 Å². The molecule has 1 saturated heterocycles. The number of hydrogen-bond donors (Lipinski definition) is 2. The van der Waals surface area contributed by atoms with E-state index in [2.05, 4.69) is 21.2 Å². The number of nitrogens with one attached hydrogen (secondary N) is 1. The molecule has 1 fully saturated rings. The summed E-state index contributed by atoms with van der Waals surface area (Å²) in [5.74, 6) is -1.63. The second-order valence-electron chi connectivity index (χ2n) is 4.65. The van der Waals surface area contributed by atoms with Gasteiger partial charge in [0.2, 0.25) is 5.91 Å². The summed E-state index contributed by atoms with van der Waals surface area (Å²) in [4.78, 5) is 24.6. The van der Waals surface area contributed by atoms with E-state index in [9.17, 15) is 9.59 Å². The van der Waals surface area contributed by atoms with Gasteiger partial charge >= 0.3 is 5.97 Å². The molecule has 1 aliphatic heterocycles. The van der Waals surface area contributed by atoms with Crippen molar-refractivity contribution >= 4 is 33.5 Å². The van der Waals surface area contributed by atoms with Crippen molar-refractivity contribution in [3.8, 4) is 0 Å². The molecule has 1 aromatic carbocycles. The third-order valence-electron chi connectivity index (χ3n) is 3.19. The molecular formula is C13H15BrN2O3. The van der Waals surface area contributed by atoms with Crippen molar-refractivity contribution in [2.45, 2.75) is 6.92 Å². The van der Waals surface area contributed by atoms with Crippen LogP contribution in [-0.2, 0) is 9.59 Å². The number of benzene rings is 1. The van der Waals surface area contributed by atoms with Crippen LogP contribution in [0, 0.1) is 12.8 Å². The van der Waals surface area contributed by atoms with Crippen molar-refractivity contribution in [3.63, 3.8) is 0 Å². The van der Waals surface area contributed by atoms with E-state index in [4.69, 9.17) is 5.11 Å². The Hall–Kier alpha value is -1.56. The number of carboxylic acid groups (broad SMARTS) is 1. The number of carboxylic acids is 1. The number of carbonyl (C=O) groups excluding carboxylic acids is 1. The number of aliphatic carboxylic acids is 1. The number of anilines is 1. The van der Waals surface area contributed by atoms with Crippen molar-refractivity contribution in [2.24, 2.45) is 5.92 Å². The second kappa shape index (κ2) is 5.61. The molecule has 1 atom stereocenters. The lowest BCUT2D eigenvalue weighted by molar-refractivity contribution is -0.141. The first-order valence-corrected chi connectivity index (χ1v) is 6.77. The van der Waals surface area contributed by atoms with Crippen LogP contribution >= 0.6 is 15.9 Å². The van der Waals surface area contributed by atoms with Crippen LogP contribution in [0.25, 0.3) is 0 Å². The monoisotopic (exact) mass is 326 g/mol. The van der Waals surface area contributed by atoms with Gasteiger partial charge in [0.15, 0.2) is 0 Å². The second-order valence-corrected chi connectivity index (χ2v) is 5.51. The molecule has 1 aliphatic rings. The van der Waals surface area contributed by atoms with Gasteiger partial charge in [-0.2, -0.15) is 0 Å². The molecule has 0 bridgehead atoms. The first kappa shape index (κ1) is 13.9. The smallest absolute Gasteiger partial charge is 0.310 e. The summed E-state index contributed by atoms with van der Waals surface area (Å²) in [5.41, 5.74) is 1.94. The number of amides is 1. The van der Waals surface area contributed by atoms with Crippen LogP contribution in [0.2, 0.25) is 0 Å². The van der Waals surface area contributed by atoms with E-state index in [0.29, 0.717) is 6.54 Å². The van der Waals surface area contributed by atoms with Gasteiger partial charge in [-0.25, -0.2) is 0 Å². The first-order chi connectivity index (χ1) is 8.97. The van der Waals surface area contributed by atoms with Crippen molar-refractivity contribution in [3.05, 3.63) is 28.2 Å². The molecule has 102 valence electrons. The highest BCUT2D eigenvalue weighted by Gasteiger charge is 2.27. The van der Waals surface area contributed by atoms with Gasteiger partial charge in [-0.3, -0.25) is 9.59 Å². The zero-order chi connectivity index (χ0) is 14.0. The largest absolute Gasteiger partial charge is 0.481 e.